The van der Waals surface area contributed by atoms with Crippen LogP contribution in [0.5, 0.6) is 0 Å². The topological polar surface area (TPSA) is 66.4 Å². The summed E-state index contributed by atoms with van der Waals surface area (Å²) in [5.41, 5.74) is 0. The van der Waals surface area contributed by atoms with Crippen LogP contribution >= 0.6 is 12.0 Å². The van der Waals surface area contributed by atoms with Crippen LogP contribution < -0.4 is 29.6 Å². The van der Waals surface area contributed by atoms with E-state index in [1.54, 1.807) is 0 Å². The van der Waals surface area contributed by atoms with Crippen molar-refractivity contribution in [3.63, 3.8) is 0 Å². The first kappa shape index (κ1) is 16.6. The normalized spacial score (nSPS) is 10.9. The molecule has 0 aromatic rings. The molecule has 0 aromatic carbocycles. The van der Waals surface area contributed by atoms with Crippen LogP contribution in [0.4, 0.5) is 0 Å². The van der Waals surface area contributed by atoms with Gasteiger partial charge in [-0.3, -0.25) is 0 Å². The third-order valence-electron chi connectivity index (χ3n) is 1.21. The first-order valence-corrected chi connectivity index (χ1v) is 6.07. The van der Waals surface area contributed by atoms with Gasteiger partial charge in [0.2, 0.25) is 10.4 Å². The minimum Gasteiger partial charge on any atom is -0.725 e. The third kappa shape index (κ3) is 15.9. The number of unbranched alkanes of at least 4 members (excludes halogenated alkanes) is 3. The minimum atomic E-state index is -4.50. The Labute approximate surface area is 106 Å². The molecule has 0 N–H and O–H groups in total. The van der Waals surface area contributed by atoms with Gasteiger partial charge in [-0.05, 0) is 6.42 Å². The van der Waals surface area contributed by atoms with Gasteiger partial charge in [0.15, 0.2) is 0 Å². The van der Waals surface area contributed by atoms with Crippen molar-refractivity contribution in [2.45, 2.75) is 32.6 Å². The van der Waals surface area contributed by atoms with Gasteiger partial charge in [-0.15, -0.1) is 0 Å². The van der Waals surface area contributed by atoms with Crippen LogP contribution in [0.3, 0.4) is 0 Å². The summed E-state index contributed by atoms with van der Waals surface area (Å²) < 4.78 is 33.7. The van der Waals surface area contributed by atoms with E-state index in [2.05, 4.69) is 10.6 Å². The molecular weight excluding hydrogens is 223 g/mol. The Morgan fingerprint density at radius 1 is 1.31 bits per heavy atom. The predicted molar refractivity (Wildman–Crippen MR) is 47.4 cm³/mol. The van der Waals surface area contributed by atoms with Gasteiger partial charge in [-0.25, -0.2) is 12.0 Å². The summed E-state index contributed by atoms with van der Waals surface area (Å²) in [5, 5.41) is 0. The summed E-state index contributed by atoms with van der Waals surface area (Å²) in [6.07, 6.45) is 4.19. The molecule has 0 saturated heterocycles. The zero-order valence-corrected chi connectivity index (χ0v) is 11.6. The molecule has 0 amide bonds. The van der Waals surface area contributed by atoms with E-state index in [1.807, 2.05) is 0 Å². The largest absolute Gasteiger partial charge is 1.00 e. The molecule has 0 unspecified atom stereocenters. The van der Waals surface area contributed by atoms with Crippen LogP contribution in [0.15, 0.2) is 0 Å². The van der Waals surface area contributed by atoms with E-state index in [0.717, 1.165) is 25.7 Å². The molecule has 0 saturated carbocycles. The standard InChI is InChI=1S/C6H14O4S2.Na/c1-2-3-4-5-6-11-10-12(7,8)9;/h2-6H2,1H3,(H,7,8,9);/q;+1/p-1. The summed E-state index contributed by atoms with van der Waals surface area (Å²) in [6, 6.07) is 0. The summed E-state index contributed by atoms with van der Waals surface area (Å²) in [7, 11) is -4.50. The second-order valence-electron chi connectivity index (χ2n) is 2.36. The van der Waals surface area contributed by atoms with E-state index in [4.69, 9.17) is 0 Å². The molecule has 0 bridgehead atoms. The second kappa shape index (κ2) is 9.76. The van der Waals surface area contributed by atoms with Gasteiger partial charge in [0.05, 0.1) is 0 Å². The van der Waals surface area contributed by atoms with Crippen molar-refractivity contribution in [1.29, 1.82) is 0 Å². The molecule has 0 aliphatic carbocycles. The van der Waals surface area contributed by atoms with Crippen LogP contribution in [0.2, 0.25) is 0 Å². The molecule has 0 heterocycles. The van der Waals surface area contributed by atoms with Gasteiger partial charge >= 0.3 is 29.6 Å². The van der Waals surface area contributed by atoms with Crippen LogP contribution in [0.25, 0.3) is 0 Å². The fraction of sp³-hybridized carbons (Fsp3) is 1.00. The monoisotopic (exact) mass is 236 g/mol. The van der Waals surface area contributed by atoms with E-state index in [0.29, 0.717) is 17.8 Å². The SMILES string of the molecule is CCCCCCSOS(=O)(=O)[O-].[Na+]. The van der Waals surface area contributed by atoms with Crippen molar-refractivity contribution in [3.8, 4) is 0 Å². The molecule has 0 atom stereocenters. The Morgan fingerprint density at radius 2 is 1.92 bits per heavy atom. The zero-order valence-electron chi connectivity index (χ0n) is 7.99. The van der Waals surface area contributed by atoms with Crippen LogP contribution in [-0.2, 0) is 14.0 Å². The van der Waals surface area contributed by atoms with E-state index in [9.17, 15) is 13.0 Å². The first-order valence-electron chi connectivity index (χ1n) is 3.83. The Hall–Kier alpha value is 1.22. The molecule has 0 aliphatic rings. The molecular formula is C6H13NaO4S2. The minimum absolute atomic E-state index is 0. The summed E-state index contributed by atoms with van der Waals surface area (Å²) in [5.74, 6) is 0.557. The van der Waals surface area contributed by atoms with Gasteiger partial charge in [0.25, 0.3) is 0 Å². The van der Waals surface area contributed by atoms with Crippen LogP contribution in [0, 0.1) is 0 Å². The summed E-state index contributed by atoms with van der Waals surface area (Å²) >= 11 is 0.710. The van der Waals surface area contributed by atoms with Gasteiger partial charge in [-0.1, -0.05) is 26.2 Å². The fourth-order valence-electron chi connectivity index (χ4n) is 0.681. The molecule has 13 heavy (non-hydrogen) atoms. The Bertz CT molecular complexity index is 193. The van der Waals surface area contributed by atoms with Gasteiger partial charge < -0.3 is 4.55 Å². The Morgan fingerprint density at radius 3 is 2.38 bits per heavy atom. The molecule has 0 aliphatic heterocycles. The van der Waals surface area contributed by atoms with E-state index in [1.165, 1.54) is 0 Å². The summed E-state index contributed by atoms with van der Waals surface area (Å²) in [6.45, 7) is 2.09. The Kier molecular flexibility index (Phi) is 12.5. The second-order valence-corrected chi connectivity index (χ2v) is 4.36. The van der Waals surface area contributed by atoms with Crippen LogP contribution in [-0.4, -0.2) is 18.7 Å². The van der Waals surface area contributed by atoms with E-state index >= 15 is 0 Å². The average molecular weight is 236 g/mol. The van der Waals surface area contributed by atoms with Crippen molar-refractivity contribution in [2.75, 3.05) is 5.75 Å². The molecule has 0 rings (SSSR count). The smallest absolute Gasteiger partial charge is 0.725 e. The number of hydrogen-bond donors (Lipinski definition) is 0. The maximum absolute atomic E-state index is 9.92. The van der Waals surface area contributed by atoms with Crippen molar-refractivity contribution < 1.29 is 46.2 Å². The molecule has 7 heteroatoms. The van der Waals surface area contributed by atoms with Gasteiger partial charge in [0, 0.05) is 17.8 Å². The van der Waals surface area contributed by atoms with Crippen molar-refractivity contribution in [1.82, 2.24) is 0 Å². The molecule has 0 spiro atoms. The van der Waals surface area contributed by atoms with E-state index in [-0.39, 0.29) is 29.6 Å². The van der Waals surface area contributed by atoms with Crippen molar-refractivity contribution >= 4 is 22.4 Å². The quantitative estimate of drug-likeness (QED) is 0.181. The number of hydrogen-bond acceptors (Lipinski definition) is 5. The van der Waals surface area contributed by atoms with Crippen LogP contribution in [0.1, 0.15) is 32.6 Å². The molecule has 0 fully saturated rings. The molecule has 4 nitrogen and oxygen atoms in total. The maximum Gasteiger partial charge on any atom is 1.00 e. The maximum atomic E-state index is 9.92. The predicted octanol–water partition coefficient (Wildman–Crippen LogP) is -1.30. The number of rotatable bonds is 7. The zero-order chi connectivity index (χ0) is 9.45. The van der Waals surface area contributed by atoms with Gasteiger partial charge in [0.1, 0.15) is 0 Å². The van der Waals surface area contributed by atoms with Crippen molar-refractivity contribution in [2.24, 2.45) is 0 Å². The van der Waals surface area contributed by atoms with E-state index < -0.39 is 10.4 Å². The third-order valence-corrected chi connectivity index (χ3v) is 2.72. The molecule has 0 radical (unpaired) electrons. The molecule has 74 valence electrons. The Balaban J connectivity index is 0. The first-order chi connectivity index (χ1) is 5.56. The summed E-state index contributed by atoms with van der Waals surface area (Å²) in [4.78, 5) is 0. The molecule has 0 aromatic heterocycles. The van der Waals surface area contributed by atoms with Gasteiger partial charge in [-0.2, -0.15) is 0 Å². The fourth-order valence-corrected chi connectivity index (χ4v) is 1.75. The average Bonchev–Trinajstić information content (AvgIpc) is 1.94. The van der Waals surface area contributed by atoms with Crippen molar-refractivity contribution in [3.05, 3.63) is 0 Å².